The molecule has 90 valence electrons. The monoisotopic (exact) mass is 274 g/mol. The average Bonchev–Trinajstić information content (AvgIpc) is 2.81. The molecule has 0 saturated carbocycles. The molecule has 1 nitrogen and oxygen atoms in total. The first-order valence-electron chi connectivity index (χ1n) is 5.44. The van der Waals surface area contributed by atoms with Crippen LogP contribution in [-0.4, -0.2) is 5.78 Å². The summed E-state index contributed by atoms with van der Waals surface area (Å²) in [5.41, 5.74) is 1.01. The minimum absolute atomic E-state index is 0.0385. The molecule has 0 aliphatic carbocycles. The van der Waals surface area contributed by atoms with Crippen LogP contribution in [0.1, 0.15) is 10.4 Å². The molecule has 0 unspecified atom stereocenters. The molecule has 0 aliphatic heterocycles. The molecule has 2 aromatic rings. The lowest BCUT2D eigenvalue weighted by Gasteiger charge is -1.89. The molecular formula is C15H11ClOS. The summed E-state index contributed by atoms with van der Waals surface area (Å²) in [7, 11) is 0. The van der Waals surface area contributed by atoms with Gasteiger partial charge in [-0.05, 0) is 35.9 Å². The largest absolute Gasteiger partial charge is 0.290 e. The first-order chi connectivity index (χ1) is 8.74. The van der Waals surface area contributed by atoms with Gasteiger partial charge in [0.2, 0.25) is 0 Å². The minimum atomic E-state index is -0.0385. The summed E-state index contributed by atoms with van der Waals surface area (Å²) in [5, 5.41) is 0. The summed E-state index contributed by atoms with van der Waals surface area (Å²) in [6.07, 6.45) is 6.67. The summed E-state index contributed by atoms with van der Waals surface area (Å²) in [4.78, 5) is 12.6. The van der Waals surface area contributed by atoms with E-state index in [1.807, 2.05) is 42.5 Å². The second-order valence-electron chi connectivity index (χ2n) is 3.62. The van der Waals surface area contributed by atoms with E-state index in [0.29, 0.717) is 0 Å². The Balaban J connectivity index is 1.97. The van der Waals surface area contributed by atoms with E-state index in [-0.39, 0.29) is 5.78 Å². The molecule has 0 fully saturated rings. The lowest BCUT2D eigenvalue weighted by Crippen LogP contribution is -1.83. The first-order valence-corrected chi connectivity index (χ1v) is 6.64. The molecule has 0 bridgehead atoms. The highest BCUT2D eigenvalue weighted by molar-refractivity contribution is 7.17. The van der Waals surface area contributed by atoms with Crippen LogP contribution in [0.3, 0.4) is 0 Å². The van der Waals surface area contributed by atoms with Gasteiger partial charge < -0.3 is 0 Å². The standard InChI is InChI=1S/C15H11ClOS/c16-15-11-10-14(18-15)9-8-13(17)7-6-12-4-2-1-3-5-12/h1-11H. The van der Waals surface area contributed by atoms with Crippen LogP contribution in [0.15, 0.2) is 54.6 Å². The summed E-state index contributed by atoms with van der Waals surface area (Å²) < 4.78 is 0.724. The van der Waals surface area contributed by atoms with Crippen molar-refractivity contribution in [3.63, 3.8) is 0 Å². The van der Waals surface area contributed by atoms with E-state index in [1.165, 1.54) is 11.3 Å². The molecule has 1 heterocycles. The molecule has 0 aliphatic rings. The Morgan fingerprint density at radius 1 is 1.00 bits per heavy atom. The number of benzene rings is 1. The van der Waals surface area contributed by atoms with Crippen LogP contribution >= 0.6 is 22.9 Å². The van der Waals surface area contributed by atoms with Gasteiger partial charge >= 0.3 is 0 Å². The van der Waals surface area contributed by atoms with Crippen molar-refractivity contribution in [2.45, 2.75) is 0 Å². The van der Waals surface area contributed by atoms with E-state index in [2.05, 4.69) is 0 Å². The Kier molecular flexibility index (Phi) is 4.51. The van der Waals surface area contributed by atoms with Gasteiger partial charge in [-0.25, -0.2) is 0 Å². The second kappa shape index (κ2) is 6.34. The van der Waals surface area contributed by atoms with Crippen molar-refractivity contribution in [1.29, 1.82) is 0 Å². The van der Waals surface area contributed by atoms with Crippen molar-refractivity contribution in [3.05, 3.63) is 69.4 Å². The Bertz CT molecular complexity index is 582. The zero-order valence-corrected chi connectivity index (χ0v) is 11.1. The molecule has 18 heavy (non-hydrogen) atoms. The topological polar surface area (TPSA) is 17.1 Å². The number of thiophene rings is 1. The fourth-order valence-corrected chi connectivity index (χ4v) is 2.34. The Morgan fingerprint density at radius 2 is 1.72 bits per heavy atom. The highest BCUT2D eigenvalue weighted by Crippen LogP contribution is 2.22. The molecule has 0 saturated heterocycles. The van der Waals surface area contributed by atoms with Gasteiger partial charge in [0.05, 0.1) is 4.34 Å². The quantitative estimate of drug-likeness (QED) is 0.739. The van der Waals surface area contributed by atoms with Crippen molar-refractivity contribution in [2.75, 3.05) is 0 Å². The molecule has 1 aromatic carbocycles. The molecule has 1 aromatic heterocycles. The van der Waals surface area contributed by atoms with Crippen molar-refractivity contribution in [3.8, 4) is 0 Å². The van der Waals surface area contributed by atoms with E-state index >= 15 is 0 Å². The lowest BCUT2D eigenvalue weighted by atomic mass is 10.2. The molecule has 0 radical (unpaired) electrons. The SMILES string of the molecule is O=C(C=Cc1ccccc1)C=Cc1ccc(Cl)s1. The maximum absolute atomic E-state index is 11.6. The van der Waals surface area contributed by atoms with Gasteiger partial charge in [0.1, 0.15) is 0 Å². The van der Waals surface area contributed by atoms with E-state index in [1.54, 1.807) is 24.3 Å². The van der Waals surface area contributed by atoms with Crippen LogP contribution < -0.4 is 0 Å². The number of halogens is 1. The zero-order chi connectivity index (χ0) is 12.8. The smallest absolute Gasteiger partial charge is 0.178 e. The average molecular weight is 275 g/mol. The third kappa shape index (κ3) is 3.99. The highest BCUT2D eigenvalue weighted by Gasteiger charge is 1.94. The van der Waals surface area contributed by atoms with Crippen LogP contribution in [0.2, 0.25) is 4.34 Å². The normalized spacial score (nSPS) is 11.4. The summed E-state index contributed by atoms with van der Waals surface area (Å²) in [6, 6.07) is 13.4. The van der Waals surface area contributed by atoms with Crippen LogP contribution in [0.25, 0.3) is 12.2 Å². The van der Waals surface area contributed by atoms with Gasteiger partial charge in [-0.2, -0.15) is 0 Å². The highest BCUT2D eigenvalue weighted by atomic mass is 35.5. The van der Waals surface area contributed by atoms with Gasteiger partial charge in [-0.1, -0.05) is 48.0 Å². The summed E-state index contributed by atoms with van der Waals surface area (Å²) in [5.74, 6) is -0.0385. The molecule has 0 amide bonds. The van der Waals surface area contributed by atoms with E-state index in [4.69, 9.17) is 11.6 Å². The molecule has 0 N–H and O–H groups in total. The second-order valence-corrected chi connectivity index (χ2v) is 5.37. The molecule has 3 heteroatoms. The van der Waals surface area contributed by atoms with Crippen LogP contribution in [0.5, 0.6) is 0 Å². The Hall–Kier alpha value is -1.64. The Labute approximate surface area is 115 Å². The number of hydrogen-bond donors (Lipinski definition) is 0. The number of ketones is 1. The van der Waals surface area contributed by atoms with Gasteiger partial charge in [-0.15, -0.1) is 11.3 Å². The fourth-order valence-electron chi connectivity index (χ4n) is 1.38. The van der Waals surface area contributed by atoms with Gasteiger partial charge in [0.25, 0.3) is 0 Å². The predicted molar refractivity (Wildman–Crippen MR) is 78.8 cm³/mol. The molecular weight excluding hydrogens is 264 g/mol. The zero-order valence-electron chi connectivity index (χ0n) is 9.55. The third-order valence-corrected chi connectivity index (χ3v) is 3.44. The first kappa shape index (κ1) is 12.8. The molecule has 2 rings (SSSR count). The third-order valence-electron chi connectivity index (χ3n) is 2.25. The lowest BCUT2D eigenvalue weighted by molar-refractivity contribution is -0.110. The van der Waals surface area contributed by atoms with Crippen molar-refractivity contribution in [1.82, 2.24) is 0 Å². The van der Waals surface area contributed by atoms with Crippen LogP contribution in [0, 0.1) is 0 Å². The van der Waals surface area contributed by atoms with E-state index in [9.17, 15) is 4.79 Å². The Morgan fingerprint density at radius 3 is 2.39 bits per heavy atom. The van der Waals surface area contributed by atoms with E-state index < -0.39 is 0 Å². The maximum atomic E-state index is 11.6. The maximum Gasteiger partial charge on any atom is 0.178 e. The fraction of sp³-hybridized carbons (Fsp3) is 0. The number of allylic oxidation sites excluding steroid dienone is 2. The van der Waals surface area contributed by atoms with Gasteiger partial charge in [0, 0.05) is 4.88 Å². The summed E-state index contributed by atoms with van der Waals surface area (Å²) in [6.45, 7) is 0. The van der Waals surface area contributed by atoms with Crippen LogP contribution in [-0.2, 0) is 4.79 Å². The van der Waals surface area contributed by atoms with Gasteiger partial charge in [0.15, 0.2) is 5.78 Å². The van der Waals surface area contributed by atoms with Crippen LogP contribution in [0.4, 0.5) is 0 Å². The molecule has 0 atom stereocenters. The summed E-state index contributed by atoms with van der Waals surface area (Å²) >= 11 is 7.25. The number of hydrogen-bond acceptors (Lipinski definition) is 2. The van der Waals surface area contributed by atoms with Crippen molar-refractivity contribution < 1.29 is 4.79 Å². The predicted octanol–water partition coefficient (Wildman–Crippen LogP) is 4.70. The van der Waals surface area contributed by atoms with Crippen molar-refractivity contribution in [2.24, 2.45) is 0 Å². The molecule has 0 spiro atoms. The number of carbonyl (C=O) groups is 1. The number of rotatable bonds is 4. The van der Waals surface area contributed by atoms with Gasteiger partial charge in [-0.3, -0.25) is 4.79 Å². The van der Waals surface area contributed by atoms with E-state index in [0.717, 1.165) is 14.8 Å². The number of carbonyl (C=O) groups excluding carboxylic acids is 1. The minimum Gasteiger partial charge on any atom is -0.290 e. The van der Waals surface area contributed by atoms with Crippen molar-refractivity contribution >= 4 is 40.9 Å².